The highest BCUT2D eigenvalue weighted by molar-refractivity contribution is 7.98. The SMILES string of the molecule is CCC(C)C(NC(=O)C(N)CC(C)C)C(=O)NC(CCC(=O)O)C(=O)NC(CCSC)C(=O)O. The van der Waals surface area contributed by atoms with Gasteiger partial charge in [-0.2, -0.15) is 11.8 Å². The third kappa shape index (κ3) is 12.2. The number of aliphatic carboxylic acids is 2. The van der Waals surface area contributed by atoms with Crippen molar-refractivity contribution in [3.8, 4) is 0 Å². The van der Waals surface area contributed by atoms with Crippen LogP contribution in [0.2, 0.25) is 0 Å². The van der Waals surface area contributed by atoms with Crippen molar-refractivity contribution < 1.29 is 34.2 Å². The lowest BCUT2D eigenvalue weighted by atomic mass is 9.96. The van der Waals surface area contributed by atoms with Gasteiger partial charge in [0.05, 0.1) is 6.04 Å². The second-order valence-corrected chi connectivity index (χ2v) is 9.77. The zero-order valence-corrected chi connectivity index (χ0v) is 21.4. The molecule has 12 heteroatoms. The summed E-state index contributed by atoms with van der Waals surface area (Å²) >= 11 is 1.42. The summed E-state index contributed by atoms with van der Waals surface area (Å²) in [4.78, 5) is 60.9. The second kappa shape index (κ2) is 16.3. The molecular weight excluding hydrogens is 464 g/mol. The predicted octanol–water partition coefficient (Wildman–Crippen LogP) is 0.563. The molecule has 0 aromatic carbocycles. The van der Waals surface area contributed by atoms with Crippen LogP contribution < -0.4 is 21.7 Å². The number of hydrogen-bond acceptors (Lipinski definition) is 7. The van der Waals surface area contributed by atoms with E-state index in [1.165, 1.54) is 11.8 Å². The second-order valence-electron chi connectivity index (χ2n) is 8.78. The fraction of sp³-hybridized carbons (Fsp3) is 0.773. The summed E-state index contributed by atoms with van der Waals surface area (Å²) in [6, 6.07) is -4.27. The molecule has 0 aliphatic rings. The lowest BCUT2D eigenvalue weighted by Crippen LogP contribution is -2.58. The summed E-state index contributed by atoms with van der Waals surface area (Å²) in [5.74, 6) is -3.99. The maximum Gasteiger partial charge on any atom is 0.326 e. The fourth-order valence-corrected chi connectivity index (χ4v) is 3.61. The van der Waals surface area contributed by atoms with Crippen LogP contribution in [-0.2, 0) is 24.0 Å². The Morgan fingerprint density at radius 3 is 1.94 bits per heavy atom. The van der Waals surface area contributed by atoms with Gasteiger partial charge in [0.25, 0.3) is 0 Å². The van der Waals surface area contributed by atoms with Crippen molar-refractivity contribution in [3.05, 3.63) is 0 Å². The zero-order chi connectivity index (χ0) is 26.4. The lowest BCUT2D eigenvalue weighted by molar-refractivity contribution is -0.143. The molecule has 7 N–H and O–H groups in total. The van der Waals surface area contributed by atoms with Gasteiger partial charge >= 0.3 is 11.9 Å². The Kier molecular flexibility index (Phi) is 15.2. The van der Waals surface area contributed by atoms with Crippen LogP contribution in [0, 0.1) is 11.8 Å². The van der Waals surface area contributed by atoms with Crippen LogP contribution in [0.1, 0.15) is 59.8 Å². The maximum absolute atomic E-state index is 13.1. The lowest BCUT2D eigenvalue weighted by Gasteiger charge is -2.28. The molecule has 3 amide bonds. The van der Waals surface area contributed by atoms with E-state index < -0.39 is 60.2 Å². The van der Waals surface area contributed by atoms with E-state index >= 15 is 0 Å². The van der Waals surface area contributed by atoms with E-state index in [4.69, 9.17) is 10.8 Å². The average molecular weight is 505 g/mol. The van der Waals surface area contributed by atoms with Gasteiger partial charge in [-0.1, -0.05) is 34.1 Å². The molecular formula is C22H40N4O7S. The fourth-order valence-electron chi connectivity index (χ4n) is 3.14. The van der Waals surface area contributed by atoms with Gasteiger partial charge in [0.2, 0.25) is 17.7 Å². The van der Waals surface area contributed by atoms with Crippen molar-refractivity contribution in [3.63, 3.8) is 0 Å². The number of amides is 3. The van der Waals surface area contributed by atoms with Gasteiger partial charge in [0, 0.05) is 6.42 Å². The van der Waals surface area contributed by atoms with Crippen LogP contribution in [0.5, 0.6) is 0 Å². The van der Waals surface area contributed by atoms with Crippen LogP contribution in [0.25, 0.3) is 0 Å². The number of hydrogen-bond donors (Lipinski definition) is 6. The number of carbonyl (C=O) groups is 5. The summed E-state index contributed by atoms with van der Waals surface area (Å²) in [7, 11) is 0. The summed E-state index contributed by atoms with van der Waals surface area (Å²) in [5, 5.41) is 25.9. The molecule has 5 atom stereocenters. The Labute approximate surface area is 205 Å². The van der Waals surface area contributed by atoms with Crippen LogP contribution in [-0.4, -0.2) is 76.0 Å². The topological polar surface area (TPSA) is 188 Å². The van der Waals surface area contributed by atoms with Crippen LogP contribution in [0.3, 0.4) is 0 Å². The number of carboxylic acid groups (broad SMARTS) is 2. The normalized spacial score (nSPS) is 15.5. The Morgan fingerprint density at radius 1 is 0.882 bits per heavy atom. The van der Waals surface area contributed by atoms with E-state index in [-0.39, 0.29) is 24.7 Å². The van der Waals surface area contributed by atoms with Gasteiger partial charge < -0.3 is 31.9 Å². The molecule has 0 rings (SSSR count). The van der Waals surface area contributed by atoms with Crippen molar-refractivity contribution in [1.82, 2.24) is 16.0 Å². The largest absolute Gasteiger partial charge is 0.481 e. The third-order valence-electron chi connectivity index (χ3n) is 5.36. The van der Waals surface area contributed by atoms with E-state index in [1.807, 2.05) is 20.8 Å². The minimum absolute atomic E-state index is 0.168. The molecule has 0 heterocycles. The highest BCUT2D eigenvalue weighted by atomic mass is 32.2. The van der Waals surface area contributed by atoms with E-state index in [0.29, 0.717) is 18.6 Å². The average Bonchev–Trinajstić information content (AvgIpc) is 2.75. The Bertz CT molecular complexity index is 705. The molecule has 0 saturated carbocycles. The van der Waals surface area contributed by atoms with Crippen molar-refractivity contribution in [1.29, 1.82) is 0 Å². The van der Waals surface area contributed by atoms with Crippen molar-refractivity contribution in [2.24, 2.45) is 17.6 Å². The van der Waals surface area contributed by atoms with Gasteiger partial charge in [0.15, 0.2) is 0 Å². The molecule has 0 aromatic heterocycles. The minimum atomic E-state index is -1.28. The standard InChI is InChI=1S/C22H40N4O7S/c1-6-13(4)18(26-19(29)14(23)11-12(2)3)21(31)24-15(7-8-17(27)28)20(30)25-16(22(32)33)9-10-34-5/h12-16,18H,6-11,23H2,1-5H3,(H,24,31)(H,25,30)(H,26,29)(H,27,28)(H,32,33). The highest BCUT2D eigenvalue weighted by Crippen LogP contribution is 2.11. The van der Waals surface area contributed by atoms with Gasteiger partial charge in [0.1, 0.15) is 18.1 Å². The van der Waals surface area contributed by atoms with Gasteiger partial charge in [-0.15, -0.1) is 0 Å². The van der Waals surface area contributed by atoms with E-state index in [0.717, 1.165) is 0 Å². The number of thioether (sulfide) groups is 1. The summed E-state index contributed by atoms with van der Waals surface area (Å²) in [6.45, 7) is 7.43. The quantitative estimate of drug-likeness (QED) is 0.164. The van der Waals surface area contributed by atoms with Gasteiger partial charge in [-0.25, -0.2) is 4.79 Å². The number of carboxylic acids is 2. The first-order valence-corrected chi connectivity index (χ1v) is 12.8. The first-order chi connectivity index (χ1) is 15.8. The van der Waals surface area contributed by atoms with E-state index in [1.54, 1.807) is 13.2 Å². The Balaban J connectivity index is 5.58. The third-order valence-corrected chi connectivity index (χ3v) is 6.00. The zero-order valence-electron chi connectivity index (χ0n) is 20.6. The van der Waals surface area contributed by atoms with Crippen LogP contribution in [0.4, 0.5) is 0 Å². The molecule has 196 valence electrons. The van der Waals surface area contributed by atoms with Crippen molar-refractivity contribution in [2.75, 3.05) is 12.0 Å². The summed E-state index contributed by atoms with van der Waals surface area (Å²) in [6.07, 6.45) is 2.28. The van der Waals surface area contributed by atoms with Crippen molar-refractivity contribution >= 4 is 41.4 Å². The molecule has 11 nitrogen and oxygen atoms in total. The smallest absolute Gasteiger partial charge is 0.326 e. The molecule has 34 heavy (non-hydrogen) atoms. The molecule has 0 radical (unpaired) electrons. The Morgan fingerprint density at radius 2 is 1.47 bits per heavy atom. The van der Waals surface area contributed by atoms with Gasteiger partial charge in [-0.3, -0.25) is 19.2 Å². The first kappa shape index (κ1) is 31.7. The number of nitrogens with one attached hydrogen (secondary N) is 3. The van der Waals surface area contributed by atoms with Gasteiger partial charge in [-0.05, 0) is 43.1 Å². The molecule has 0 aliphatic heterocycles. The molecule has 0 aromatic rings. The molecule has 0 bridgehead atoms. The summed E-state index contributed by atoms with van der Waals surface area (Å²) < 4.78 is 0. The predicted molar refractivity (Wildman–Crippen MR) is 130 cm³/mol. The molecule has 5 unspecified atom stereocenters. The first-order valence-electron chi connectivity index (χ1n) is 11.4. The monoisotopic (exact) mass is 504 g/mol. The van der Waals surface area contributed by atoms with Crippen molar-refractivity contribution in [2.45, 2.75) is 84.0 Å². The van der Waals surface area contributed by atoms with Crippen LogP contribution >= 0.6 is 11.8 Å². The molecule has 0 aliphatic carbocycles. The van der Waals surface area contributed by atoms with E-state index in [9.17, 15) is 29.1 Å². The molecule has 0 fully saturated rings. The van der Waals surface area contributed by atoms with E-state index in [2.05, 4.69) is 16.0 Å². The Hall–Kier alpha value is -2.34. The van der Waals surface area contributed by atoms with Crippen LogP contribution in [0.15, 0.2) is 0 Å². The minimum Gasteiger partial charge on any atom is -0.481 e. The number of rotatable bonds is 17. The number of carbonyl (C=O) groups excluding carboxylic acids is 3. The molecule has 0 spiro atoms. The highest BCUT2D eigenvalue weighted by Gasteiger charge is 2.32. The summed E-state index contributed by atoms with van der Waals surface area (Å²) in [5.41, 5.74) is 5.93. The maximum atomic E-state index is 13.1. The number of nitrogens with two attached hydrogens (primary N) is 1. The molecule has 0 saturated heterocycles.